The molecule has 0 heterocycles. The van der Waals surface area contributed by atoms with E-state index in [2.05, 4.69) is 6.58 Å². The first-order valence-corrected chi connectivity index (χ1v) is 2.95. The van der Waals surface area contributed by atoms with Gasteiger partial charge in [0.15, 0.2) is 0 Å². The van der Waals surface area contributed by atoms with Gasteiger partial charge in [0.25, 0.3) is 0 Å². The van der Waals surface area contributed by atoms with Crippen molar-refractivity contribution in [2.75, 3.05) is 0 Å². The number of nitrogens with zero attached hydrogens (tertiary/aromatic N) is 1. The molecule has 40 valence electrons. The normalized spacial score (nSPS) is 10.3. The van der Waals surface area contributed by atoms with Gasteiger partial charge in [-0.2, -0.15) is 8.42 Å². The van der Waals surface area contributed by atoms with Crippen molar-refractivity contribution >= 4 is 10.0 Å². The largest absolute Gasteiger partial charge is 0.489 e. The minimum atomic E-state index is -3.59. The topological polar surface area (TPSA) is 70.4 Å². The van der Waals surface area contributed by atoms with E-state index in [4.69, 9.17) is 5.53 Å². The van der Waals surface area contributed by atoms with Gasteiger partial charge in [0.2, 0.25) is 0 Å². The van der Waals surface area contributed by atoms with Gasteiger partial charge in [0, 0.05) is 0 Å². The van der Waals surface area contributed by atoms with Gasteiger partial charge in [0.1, 0.15) is 0 Å². The first kappa shape index (κ1) is 6.29. The molecule has 0 saturated carbocycles. The minimum Gasteiger partial charge on any atom is -0.489 e. The van der Waals surface area contributed by atoms with Gasteiger partial charge in [-0.1, -0.05) is 6.58 Å². The second kappa shape index (κ2) is 1.83. The third kappa shape index (κ3) is 2.05. The molecule has 1 N–H and O–H groups in total. The van der Waals surface area contributed by atoms with Gasteiger partial charge in [-0.25, -0.2) is 4.52 Å². The zero-order valence-corrected chi connectivity index (χ0v) is 4.27. The zero-order chi connectivity index (χ0) is 5.91. The van der Waals surface area contributed by atoms with E-state index in [1.54, 1.807) is 0 Å². The summed E-state index contributed by atoms with van der Waals surface area (Å²) in [5.41, 5.74) is 7.68. The summed E-state index contributed by atoms with van der Waals surface area (Å²) in [6.45, 7) is 2.89. The van der Waals surface area contributed by atoms with Crippen LogP contribution in [-0.2, 0) is 10.0 Å². The lowest BCUT2D eigenvalue weighted by molar-refractivity contribution is -0.292. The van der Waals surface area contributed by atoms with Crippen LogP contribution >= 0.6 is 0 Å². The molecule has 0 fully saturated rings. The lowest BCUT2D eigenvalue weighted by Crippen LogP contribution is -2.66. The van der Waals surface area contributed by atoms with Gasteiger partial charge in [-0.15, -0.1) is 0 Å². The van der Waals surface area contributed by atoms with Crippen LogP contribution in [-0.4, -0.2) is 8.42 Å². The van der Waals surface area contributed by atoms with Crippen molar-refractivity contribution in [3.05, 3.63) is 17.5 Å². The van der Waals surface area contributed by atoms with Crippen LogP contribution in [0, 0.1) is 0 Å². The van der Waals surface area contributed by atoms with Crippen LogP contribution in [0.1, 0.15) is 0 Å². The Morgan fingerprint density at radius 2 is 2.14 bits per heavy atom. The van der Waals surface area contributed by atoms with Gasteiger partial charge < -0.3 is 5.53 Å². The van der Waals surface area contributed by atoms with Crippen molar-refractivity contribution in [3.63, 3.8) is 0 Å². The summed E-state index contributed by atoms with van der Waals surface area (Å²) in [5, 5.41) is 0.604. The van der Waals surface area contributed by atoms with Crippen LogP contribution in [0.25, 0.3) is 5.53 Å². The molecule has 0 bridgehead atoms. The quantitative estimate of drug-likeness (QED) is 0.453. The Hall–Kier alpha value is -0.710. The van der Waals surface area contributed by atoms with E-state index in [1.165, 1.54) is 0 Å². The van der Waals surface area contributed by atoms with Gasteiger partial charge in [0.05, 0.1) is 5.41 Å². The molecular formula is C2H4N2O2S. The summed E-state index contributed by atoms with van der Waals surface area (Å²) in [6.07, 6.45) is 0. The van der Waals surface area contributed by atoms with E-state index < -0.39 is 10.0 Å². The predicted molar refractivity (Wildman–Crippen MR) is 23.4 cm³/mol. The molecule has 0 radical (unpaired) electrons. The van der Waals surface area contributed by atoms with Crippen molar-refractivity contribution < 1.29 is 12.9 Å². The highest BCUT2D eigenvalue weighted by Crippen LogP contribution is 1.66. The molecule has 0 aliphatic rings. The molecule has 0 amide bonds. The van der Waals surface area contributed by atoms with Crippen molar-refractivity contribution in [3.8, 4) is 0 Å². The molecule has 0 aromatic heterocycles. The number of rotatable bonds is 2. The molecule has 0 atom stereocenters. The van der Waals surface area contributed by atoms with Crippen LogP contribution in [0.15, 0.2) is 12.0 Å². The van der Waals surface area contributed by atoms with Crippen LogP contribution in [0.3, 0.4) is 0 Å². The average molecular weight is 120 g/mol. The van der Waals surface area contributed by atoms with Crippen LogP contribution in [0.5, 0.6) is 0 Å². The smallest absolute Gasteiger partial charge is 0.375 e. The summed E-state index contributed by atoms with van der Waals surface area (Å²) < 4.78 is 20.8. The highest BCUT2D eigenvalue weighted by Gasteiger charge is 1.97. The Labute approximate surface area is 41.4 Å². The van der Waals surface area contributed by atoms with Gasteiger partial charge in [-0.3, -0.25) is 0 Å². The first-order chi connectivity index (χ1) is 3.12. The summed E-state index contributed by atoms with van der Waals surface area (Å²) in [4.78, 5) is 0. The lowest BCUT2D eigenvalue weighted by Gasteiger charge is -1.76. The third-order valence-electron chi connectivity index (χ3n) is 0.347. The second-order valence-corrected chi connectivity index (χ2v) is 2.41. The zero-order valence-electron chi connectivity index (χ0n) is 3.46. The molecule has 0 spiro atoms. The minimum absolute atomic E-state index is 0.604. The van der Waals surface area contributed by atoms with Crippen LogP contribution < -0.4 is 4.52 Å². The van der Waals surface area contributed by atoms with Crippen molar-refractivity contribution in [1.29, 1.82) is 0 Å². The summed E-state index contributed by atoms with van der Waals surface area (Å²) in [7, 11) is -3.59. The van der Waals surface area contributed by atoms with E-state index in [-0.39, 0.29) is 0 Å². The molecule has 0 aliphatic heterocycles. The molecule has 0 saturated heterocycles. The van der Waals surface area contributed by atoms with Crippen LogP contribution in [0.2, 0.25) is 0 Å². The van der Waals surface area contributed by atoms with Crippen LogP contribution in [0.4, 0.5) is 0 Å². The molecule has 4 nitrogen and oxygen atoms in total. The molecule has 0 aromatic rings. The molecule has 7 heavy (non-hydrogen) atoms. The Balaban J connectivity index is 4.49. The van der Waals surface area contributed by atoms with E-state index >= 15 is 0 Å². The fraction of sp³-hybridized carbons (Fsp3) is 0. The fourth-order valence-corrected chi connectivity index (χ4v) is 0.112. The maximum atomic E-state index is 9.89. The first-order valence-electron chi connectivity index (χ1n) is 1.41. The maximum absolute atomic E-state index is 9.89. The van der Waals surface area contributed by atoms with E-state index in [9.17, 15) is 8.42 Å². The number of hydrogen-bond acceptors (Lipinski definition) is 2. The number of hydrogen-bond donors (Lipinski definition) is 1. The highest BCUT2D eigenvalue weighted by atomic mass is 32.2. The van der Waals surface area contributed by atoms with E-state index in [0.717, 1.165) is 4.52 Å². The summed E-state index contributed by atoms with van der Waals surface area (Å²) in [5.74, 6) is 0. The Morgan fingerprint density at radius 3 is 2.14 bits per heavy atom. The molecule has 0 aromatic carbocycles. The number of nitrogens with one attached hydrogen (secondary N) is 1. The average Bonchev–Trinajstić information content (AvgIpc) is 1.68. The molecule has 0 unspecified atom stereocenters. The SMILES string of the molecule is C=CS(=O)(=O)[NH+]=[N-]. The number of sulfonamides is 1. The lowest BCUT2D eigenvalue weighted by atomic mass is 11.3. The molecule has 0 rings (SSSR count). The summed E-state index contributed by atoms with van der Waals surface area (Å²) in [6, 6.07) is 0. The Kier molecular flexibility index (Phi) is 1.65. The van der Waals surface area contributed by atoms with Gasteiger partial charge >= 0.3 is 10.0 Å². The van der Waals surface area contributed by atoms with Crippen molar-refractivity contribution in [2.45, 2.75) is 0 Å². The summed E-state index contributed by atoms with van der Waals surface area (Å²) >= 11 is 0. The Bertz CT molecular complexity index is 154. The van der Waals surface area contributed by atoms with E-state index in [1.807, 2.05) is 0 Å². The molecule has 0 aliphatic carbocycles. The molecule has 5 heteroatoms. The monoisotopic (exact) mass is 120 g/mol. The second-order valence-electron chi connectivity index (χ2n) is 0.803. The van der Waals surface area contributed by atoms with Crippen molar-refractivity contribution in [2.24, 2.45) is 0 Å². The van der Waals surface area contributed by atoms with Crippen molar-refractivity contribution in [1.82, 2.24) is 0 Å². The highest BCUT2D eigenvalue weighted by molar-refractivity contribution is 7.87. The predicted octanol–water partition coefficient (Wildman–Crippen LogP) is -1.44. The van der Waals surface area contributed by atoms with E-state index in [0.29, 0.717) is 5.41 Å². The Morgan fingerprint density at radius 1 is 1.71 bits per heavy atom. The van der Waals surface area contributed by atoms with Gasteiger partial charge in [-0.05, 0) is 0 Å². The maximum Gasteiger partial charge on any atom is 0.375 e. The fourth-order valence-electron chi connectivity index (χ4n) is 0.0373. The third-order valence-corrected chi connectivity index (χ3v) is 1.04. The standard InChI is InChI=1S/C2H4N2O2S/c1-2-7(5,6)4-3/h2,4H,1H2. The molecular weight excluding hydrogens is 116 g/mol.